The highest BCUT2D eigenvalue weighted by molar-refractivity contribution is 6.09. The molecule has 272 valence electrons. The van der Waals surface area contributed by atoms with Gasteiger partial charge in [0.1, 0.15) is 11.5 Å². The number of fused-ring (bicyclic) bond motifs is 7. The average Bonchev–Trinajstić information content (AvgIpc) is 3.91. The Kier molecular flexibility index (Phi) is 7.45. The minimum absolute atomic E-state index is 0.324. The summed E-state index contributed by atoms with van der Waals surface area (Å²) in [4.78, 5) is 5.05. The van der Waals surface area contributed by atoms with Crippen LogP contribution in [0.5, 0.6) is 0 Å². The fourth-order valence-corrected chi connectivity index (χ4v) is 9.72. The van der Waals surface area contributed by atoms with E-state index in [1.54, 1.807) is 0 Å². The maximum absolute atomic E-state index is 5.05. The van der Waals surface area contributed by atoms with Gasteiger partial charge >= 0.3 is 0 Å². The normalized spacial score (nSPS) is 13.1. The van der Waals surface area contributed by atoms with E-state index in [2.05, 4.69) is 217 Å². The third-order valence-corrected chi connectivity index (χ3v) is 12.3. The van der Waals surface area contributed by atoms with E-state index in [4.69, 9.17) is 4.98 Å². The Morgan fingerprint density at radius 1 is 0.544 bits per heavy atom. The number of pyridine rings is 1. The molecule has 0 N–H and O–H groups in total. The van der Waals surface area contributed by atoms with Gasteiger partial charge in [0, 0.05) is 17.0 Å². The molecular formula is C53H41N4+. The molecule has 11 rings (SSSR count). The second kappa shape index (κ2) is 12.8. The lowest BCUT2D eigenvalue weighted by Gasteiger charge is -2.34. The summed E-state index contributed by atoms with van der Waals surface area (Å²) in [5.41, 5.74) is 16.4. The quantitative estimate of drug-likeness (QED) is 0.156. The van der Waals surface area contributed by atoms with Crippen LogP contribution >= 0.6 is 0 Å². The van der Waals surface area contributed by atoms with E-state index >= 15 is 0 Å². The number of benzene rings is 7. The molecule has 4 nitrogen and oxygen atoms in total. The third-order valence-electron chi connectivity index (χ3n) is 12.3. The van der Waals surface area contributed by atoms with Gasteiger partial charge < -0.3 is 0 Å². The lowest BCUT2D eigenvalue weighted by molar-refractivity contribution is -0.691. The molecule has 3 aromatic heterocycles. The standard InChI is InChI=1S/C53H41N4/c1-35(2)55-34-56(50-26-13-12-25-49(50)55)40-17-14-16-38(32-40)53(46-22-9-6-19-42(46)43-20-7-10-23-47(43)53)39-27-28-45-44-21-8-11-24-48(44)57(51(45)33-39)52-31-37(29-30-54-52)41-18-5-4-15-36(41)3/h4-35H,1-3H3/q+1. The molecule has 0 amide bonds. The number of imidazole rings is 1. The predicted molar refractivity (Wildman–Crippen MR) is 233 cm³/mol. The van der Waals surface area contributed by atoms with E-state index in [1.807, 2.05) is 6.20 Å². The molecule has 0 aliphatic heterocycles. The molecule has 57 heavy (non-hydrogen) atoms. The lowest BCUT2D eigenvalue weighted by atomic mass is 9.67. The summed E-state index contributed by atoms with van der Waals surface area (Å²) in [7, 11) is 0. The van der Waals surface area contributed by atoms with E-state index in [9.17, 15) is 0 Å². The van der Waals surface area contributed by atoms with Gasteiger partial charge in [-0.15, -0.1) is 0 Å². The van der Waals surface area contributed by atoms with Gasteiger partial charge in [0.05, 0.1) is 22.5 Å². The molecule has 0 spiro atoms. The number of hydrogen-bond donors (Lipinski definition) is 0. The van der Waals surface area contributed by atoms with Crippen LogP contribution in [0.1, 0.15) is 47.7 Å². The third kappa shape index (κ3) is 4.87. The number of aromatic nitrogens is 4. The van der Waals surface area contributed by atoms with E-state index in [0.717, 1.165) is 28.1 Å². The Morgan fingerprint density at radius 3 is 1.96 bits per heavy atom. The summed E-state index contributed by atoms with van der Waals surface area (Å²) in [5, 5.41) is 2.42. The molecule has 0 saturated carbocycles. The smallest absolute Gasteiger partial charge is 0.250 e. The first-order chi connectivity index (χ1) is 28.0. The predicted octanol–water partition coefficient (Wildman–Crippen LogP) is 12.3. The maximum atomic E-state index is 5.05. The topological polar surface area (TPSA) is 26.6 Å². The zero-order valence-corrected chi connectivity index (χ0v) is 32.3. The van der Waals surface area contributed by atoms with E-state index in [0.29, 0.717) is 6.04 Å². The van der Waals surface area contributed by atoms with Crippen molar-refractivity contribution in [3.8, 4) is 33.8 Å². The number of hydrogen-bond acceptors (Lipinski definition) is 1. The van der Waals surface area contributed by atoms with Crippen LogP contribution in [0.4, 0.5) is 0 Å². The fourth-order valence-electron chi connectivity index (χ4n) is 9.72. The summed E-state index contributed by atoms with van der Waals surface area (Å²) in [6.07, 6.45) is 4.21. The van der Waals surface area contributed by atoms with Gasteiger partial charge in [-0.05, 0) is 119 Å². The monoisotopic (exact) mass is 733 g/mol. The molecule has 4 heteroatoms. The Balaban J connectivity index is 1.20. The largest absolute Gasteiger partial charge is 0.294 e. The molecule has 0 fully saturated rings. The van der Waals surface area contributed by atoms with Gasteiger partial charge in [0.15, 0.2) is 11.0 Å². The zero-order chi connectivity index (χ0) is 38.3. The van der Waals surface area contributed by atoms with Crippen molar-refractivity contribution in [3.63, 3.8) is 0 Å². The molecular weight excluding hydrogens is 693 g/mol. The summed E-state index contributed by atoms with van der Waals surface area (Å²) in [5.74, 6) is 0.903. The van der Waals surface area contributed by atoms with Crippen molar-refractivity contribution in [1.82, 2.24) is 14.1 Å². The number of para-hydroxylation sites is 3. The summed E-state index contributed by atoms with van der Waals surface area (Å²) in [6.45, 7) is 6.67. The summed E-state index contributed by atoms with van der Waals surface area (Å²) < 4.78 is 7.09. The van der Waals surface area contributed by atoms with Crippen LogP contribution in [-0.4, -0.2) is 14.1 Å². The van der Waals surface area contributed by atoms with Crippen molar-refractivity contribution >= 4 is 32.8 Å². The minimum Gasteiger partial charge on any atom is -0.294 e. The molecule has 1 aliphatic rings. The maximum Gasteiger partial charge on any atom is 0.250 e. The van der Waals surface area contributed by atoms with Crippen molar-refractivity contribution in [2.45, 2.75) is 32.2 Å². The highest BCUT2D eigenvalue weighted by atomic mass is 15.1. The number of rotatable bonds is 6. The van der Waals surface area contributed by atoms with Crippen LogP contribution in [0.3, 0.4) is 0 Å². The molecule has 0 bridgehead atoms. The van der Waals surface area contributed by atoms with E-state index in [-0.39, 0.29) is 0 Å². The van der Waals surface area contributed by atoms with Crippen molar-refractivity contribution in [2.24, 2.45) is 0 Å². The first kappa shape index (κ1) is 33.3. The molecule has 3 heterocycles. The van der Waals surface area contributed by atoms with Gasteiger partial charge in [-0.25, -0.2) is 9.55 Å². The van der Waals surface area contributed by atoms with Crippen LogP contribution in [0.15, 0.2) is 188 Å². The fraction of sp³-hybridized carbons (Fsp3) is 0.0943. The van der Waals surface area contributed by atoms with E-state index in [1.165, 1.54) is 66.3 Å². The SMILES string of the molecule is Cc1ccccc1-c1ccnc(-n2c3ccccc3c3ccc(C4(c5cccc(-n6c[n+](C(C)C)c7ccccc76)c5)c5ccccc5-c5ccccc54)cc32)c1. The van der Waals surface area contributed by atoms with Gasteiger partial charge in [0.2, 0.25) is 6.33 Å². The minimum atomic E-state index is -0.591. The molecule has 0 atom stereocenters. The molecule has 1 aliphatic carbocycles. The van der Waals surface area contributed by atoms with Gasteiger partial charge in [-0.3, -0.25) is 4.57 Å². The van der Waals surface area contributed by atoms with Crippen molar-refractivity contribution < 1.29 is 4.57 Å². The summed E-state index contributed by atoms with van der Waals surface area (Å²) >= 11 is 0. The van der Waals surface area contributed by atoms with Crippen molar-refractivity contribution in [1.29, 1.82) is 0 Å². The zero-order valence-electron chi connectivity index (χ0n) is 32.3. The molecule has 0 unspecified atom stereocenters. The van der Waals surface area contributed by atoms with Gasteiger partial charge in [0.25, 0.3) is 0 Å². The second-order valence-electron chi connectivity index (χ2n) is 15.7. The molecule has 0 radical (unpaired) electrons. The van der Waals surface area contributed by atoms with Crippen LogP contribution in [0.2, 0.25) is 0 Å². The molecule has 0 saturated heterocycles. The van der Waals surface area contributed by atoms with Crippen molar-refractivity contribution in [2.75, 3.05) is 0 Å². The van der Waals surface area contributed by atoms with Crippen LogP contribution < -0.4 is 4.57 Å². The highest BCUT2D eigenvalue weighted by Crippen LogP contribution is 2.56. The number of nitrogens with zero attached hydrogens (tertiary/aromatic N) is 4. The first-order valence-corrected chi connectivity index (χ1v) is 19.9. The Hall–Kier alpha value is -7.04. The molecule has 7 aromatic carbocycles. The first-order valence-electron chi connectivity index (χ1n) is 19.9. The number of aryl methyl sites for hydroxylation is 1. The van der Waals surface area contributed by atoms with Crippen LogP contribution in [0, 0.1) is 6.92 Å². The van der Waals surface area contributed by atoms with Crippen molar-refractivity contribution in [3.05, 3.63) is 216 Å². The van der Waals surface area contributed by atoms with Crippen LogP contribution in [-0.2, 0) is 5.41 Å². The molecule has 10 aromatic rings. The highest BCUT2D eigenvalue weighted by Gasteiger charge is 2.46. The summed E-state index contributed by atoms with van der Waals surface area (Å²) in [6, 6.07) is 65.1. The Morgan fingerprint density at radius 2 is 1.19 bits per heavy atom. The van der Waals surface area contributed by atoms with E-state index < -0.39 is 5.41 Å². The van der Waals surface area contributed by atoms with Crippen LogP contribution in [0.25, 0.3) is 66.6 Å². The lowest BCUT2D eigenvalue weighted by Crippen LogP contribution is -2.34. The Labute approximate surface area is 332 Å². The second-order valence-corrected chi connectivity index (χ2v) is 15.7. The van der Waals surface area contributed by atoms with Gasteiger partial charge in [-0.2, -0.15) is 4.57 Å². The van der Waals surface area contributed by atoms with Gasteiger partial charge in [-0.1, -0.05) is 127 Å². The average molecular weight is 734 g/mol. The Bertz CT molecular complexity index is 3150.